The Morgan fingerprint density at radius 3 is 2.62 bits per heavy atom. The van der Waals surface area contributed by atoms with Crippen molar-refractivity contribution in [3.8, 4) is 0 Å². The van der Waals surface area contributed by atoms with E-state index < -0.39 is 0 Å². The van der Waals surface area contributed by atoms with Crippen LogP contribution in [-0.4, -0.2) is 14.8 Å². The average Bonchev–Trinajstić information content (AvgIpc) is 3.09. The van der Waals surface area contributed by atoms with E-state index in [9.17, 15) is 4.79 Å². The predicted molar refractivity (Wildman–Crippen MR) is 84.8 cm³/mol. The molecule has 3 aromatic rings. The first kappa shape index (κ1) is 12.6. The molecule has 21 heavy (non-hydrogen) atoms. The highest BCUT2D eigenvalue weighted by atomic mass is 16.1. The van der Waals surface area contributed by atoms with E-state index in [4.69, 9.17) is 0 Å². The van der Waals surface area contributed by atoms with Gasteiger partial charge in [0.1, 0.15) is 0 Å². The molecule has 0 radical (unpaired) electrons. The fourth-order valence-electron chi connectivity index (χ4n) is 3.53. The van der Waals surface area contributed by atoms with Crippen LogP contribution in [0.1, 0.15) is 42.9 Å². The van der Waals surface area contributed by atoms with Crippen LogP contribution in [0.2, 0.25) is 0 Å². The van der Waals surface area contributed by atoms with E-state index >= 15 is 0 Å². The van der Waals surface area contributed by atoms with Gasteiger partial charge in [-0.25, -0.2) is 0 Å². The van der Waals surface area contributed by atoms with Crippen LogP contribution in [0.25, 0.3) is 21.8 Å². The molecule has 1 aromatic carbocycles. The maximum atomic E-state index is 12.3. The Morgan fingerprint density at radius 1 is 1.14 bits per heavy atom. The lowest BCUT2D eigenvalue weighted by Gasteiger charge is -2.13. The molecule has 4 heteroatoms. The van der Waals surface area contributed by atoms with Gasteiger partial charge in [-0.3, -0.25) is 9.48 Å². The third-order valence-corrected chi connectivity index (χ3v) is 4.85. The lowest BCUT2D eigenvalue weighted by molar-refractivity contribution is 0.482. The number of H-pyrrole nitrogens is 1. The number of pyridine rings is 1. The zero-order valence-corrected chi connectivity index (χ0v) is 12.4. The van der Waals surface area contributed by atoms with Crippen LogP contribution >= 0.6 is 0 Å². The fraction of sp³-hybridized carbons (Fsp3) is 0.412. The molecule has 4 nitrogen and oxygen atoms in total. The smallest absolute Gasteiger partial charge is 0.259 e. The second kappa shape index (κ2) is 4.45. The predicted octanol–water partition coefficient (Wildman–Crippen LogP) is 3.61. The number of nitrogens with zero attached hydrogens (tertiary/aromatic N) is 2. The summed E-state index contributed by atoms with van der Waals surface area (Å²) in [7, 11) is 0. The van der Waals surface area contributed by atoms with Gasteiger partial charge in [-0.1, -0.05) is 12.8 Å². The van der Waals surface area contributed by atoms with Crippen molar-refractivity contribution < 1.29 is 0 Å². The highest BCUT2D eigenvalue weighted by Gasteiger charge is 2.21. The summed E-state index contributed by atoms with van der Waals surface area (Å²) in [5, 5.41) is 6.35. The monoisotopic (exact) mass is 281 g/mol. The first-order chi connectivity index (χ1) is 10.1. The van der Waals surface area contributed by atoms with E-state index in [1.807, 2.05) is 0 Å². The number of fused-ring (bicyclic) bond motifs is 3. The maximum Gasteiger partial charge on any atom is 0.259 e. The Bertz CT molecular complexity index is 898. The van der Waals surface area contributed by atoms with E-state index in [1.54, 1.807) is 6.20 Å². The number of hydrogen-bond donors (Lipinski definition) is 1. The van der Waals surface area contributed by atoms with Gasteiger partial charge >= 0.3 is 0 Å². The highest BCUT2D eigenvalue weighted by Crippen LogP contribution is 2.33. The second-order valence-electron chi connectivity index (χ2n) is 6.23. The quantitative estimate of drug-likeness (QED) is 0.740. The van der Waals surface area contributed by atoms with E-state index in [0.717, 1.165) is 29.3 Å². The van der Waals surface area contributed by atoms with E-state index in [2.05, 4.69) is 40.7 Å². The van der Waals surface area contributed by atoms with E-state index in [1.165, 1.54) is 24.0 Å². The summed E-state index contributed by atoms with van der Waals surface area (Å²) in [4.78, 5) is 15.3. The first-order valence-electron chi connectivity index (χ1n) is 7.65. The standard InChI is InChI=1S/C17H19N3O/c1-10-7-13-15(8-11(10)2)19-17(21)14-9-18-20(16(13)14)12-5-3-4-6-12/h7-9,12H,3-6H2,1-2H3,(H,19,21). The topological polar surface area (TPSA) is 50.7 Å². The van der Waals surface area contributed by atoms with Gasteiger partial charge in [0.05, 0.1) is 28.7 Å². The largest absolute Gasteiger partial charge is 0.321 e. The van der Waals surface area contributed by atoms with Crippen molar-refractivity contribution >= 4 is 21.8 Å². The molecular formula is C17H19N3O. The van der Waals surface area contributed by atoms with Crippen molar-refractivity contribution in [1.29, 1.82) is 0 Å². The maximum absolute atomic E-state index is 12.3. The normalized spacial score (nSPS) is 16.3. The molecule has 4 rings (SSSR count). The van der Waals surface area contributed by atoms with Crippen molar-refractivity contribution in [1.82, 2.24) is 14.8 Å². The molecule has 1 N–H and O–H groups in total. The molecule has 0 aliphatic heterocycles. The Hall–Kier alpha value is -2.10. The molecule has 0 bridgehead atoms. The van der Waals surface area contributed by atoms with Gasteiger partial charge in [0.15, 0.2) is 0 Å². The third-order valence-electron chi connectivity index (χ3n) is 4.85. The van der Waals surface area contributed by atoms with Gasteiger partial charge in [0.25, 0.3) is 5.56 Å². The molecular weight excluding hydrogens is 262 g/mol. The van der Waals surface area contributed by atoms with Crippen molar-refractivity contribution in [3.63, 3.8) is 0 Å². The van der Waals surface area contributed by atoms with Gasteiger partial charge in [-0.2, -0.15) is 5.10 Å². The Balaban J connectivity index is 2.13. The molecule has 2 aromatic heterocycles. The zero-order valence-electron chi connectivity index (χ0n) is 12.4. The molecule has 1 aliphatic rings. The van der Waals surface area contributed by atoms with E-state index in [-0.39, 0.29) is 5.56 Å². The number of benzene rings is 1. The number of hydrogen-bond acceptors (Lipinski definition) is 2. The summed E-state index contributed by atoms with van der Waals surface area (Å²) in [6.07, 6.45) is 6.56. The highest BCUT2D eigenvalue weighted by molar-refractivity contribution is 6.03. The van der Waals surface area contributed by atoms with Crippen molar-refractivity contribution in [3.05, 3.63) is 39.8 Å². The van der Waals surface area contributed by atoms with Crippen LogP contribution in [0.5, 0.6) is 0 Å². The zero-order chi connectivity index (χ0) is 14.6. The molecule has 1 aliphatic carbocycles. The SMILES string of the molecule is Cc1cc2[nH]c(=O)c3cnn(C4CCCC4)c3c2cc1C. The minimum atomic E-state index is -0.0370. The molecule has 2 heterocycles. The van der Waals surface area contributed by atoms with Crippen LogP contribution in [0.15, 0.2) is 23.1 Å². The van der Waals surface area contributed by atoms with Gasteiger partial charge in [-0.15, -0.1) is 0 Å². The van der Waals surface area contributed by atoms with Crippen molar-refractivity contribution in [2.75, 3.05) is 0 Å². The lowest BCUT2D eigenvalue weighted by Crippen LogP contribution is -2.10. The molecule has 0 unspecified atom stereocenters. The number of nitrogens with one attached hydrogen (secondary N) is 1. The molecule has 0 amide bonds. The number of aromatic amines is 1. The first-order valence-corrected chi connectivity index (χ1v) is 7.65. The van der Waals surface area contributed by atoms with E-state index in [0.29, 0.717) is 11.4 Å². The van der Waals surface area contributed by atoms with Gasteiger partial charge < -0.3 is 4.98 Å². The van der Waals surface area contributed by atoms with Crippen LogP contribution in [-0.2, 0) is 0 Å². The minimum Gasteiger partial charge on any atom is -0.321 e. The van der Waals surface area contributed by atoms with Gasteiger partial charge in [-0.05, 0) is 49.9 Å². The average molecular weight is 281 g/mol. The number of rotatable bonds is 1. The van der Waals surface area contributed by atoms with Crippen LogP contribution < -0.4 is 5.56 Å². The summed E-state index contributed by atoms with van der Waals surface area (Å²) in [5.41, 5.74) is 4.32. The number of aryl methyl sites for hydroxylation is 2. The summed E-state index contributed by atoms with van der Waals surface area (Å²) in [6, 6.07) is 4.68. The fourth-order valence-corrected chi connectivity index (χ4v) is 3.53. The third kappa shape index (κ3) is 1.82. The molecule has 1 fully saturated rings. The summed E-state index contributed by atoms with van der Waals surface area (Å²) in [5.74, 6) is 0. The second-order valence-corrected chi connectivity index (χ2v) is 6.23. The van der Waals surface area contributed by atoms with Crippen LogP contribution in [0.3, 0.4) is 0 Å². The molecule has 108 valence electrons. The minimum absolute atomic E-state index is 0.0370. The van der Waals surface area contributed by atoms with Crippen molar-refractivity contribution in [2.24, 2.45) is 0 Å². The number of aromatic nitrogens is 3. The van der Waals surface area contributed by atoms with Gasteiger partial charge in [0.2, 0.25) is 0 Å². The molecule has 0 saturated heterocycles. The molecule has 0 atom stereocenters. The Morgan fingerprint density at radius 2 is 1.86 bits per heavy atom. The molecule has 1 saturated carbocycles. The van der Waals surface area contributed by atoms with Crippen LogP contribution in [0.4, 0.5) is 0 Å². The Kier molecular flexibility index (Phi) is 2.67. The summed E-state index contributed by atoms with van der Waals surface area (Å²) >= 11 is 0. The van der Waals surface area contributed by atoms with Crippen molar-refractivity contribution in [2.45, 2.75) is 45.6 Å². The van der Waals surface area contributed by atoms with Crippen LogP contribution in [0, 0.1) is 13.8 Å². The lowest BCUT2D eigenvalue weighted by atomic mass is 10.0. The molecule has 0 spiro atoms. The van der Waals surface area contributed by atoms with Gasteiger partial charge in [0, 0.05) is 5.39 Å². The summed E-state index contributed by atoms with van der Waals surface area (Å²) in [6.45, 7) is 4.19. The Labute approximate surface area is 122 Å². The summed E-state index contributed by atoms with van der Waals surface area (Å²) < 4.78 is 2.09.